The molecule has 9 nitrogen and oxygen atoms in total. The maximum absolute atomic E-state index is 13.9. The predicted molar refractivity (Wildman–Crippen MR) is 139 cm³/mol. The van der Waals surface area contributed by atoms with Crippen molar-refractivity contribution >= 4 is 27.0 Å². The molecular formula is C27H28F3N3O6S. The molecule has 2 aromatic carbocycles. The molecule has 1 N–H and O–H groups in total. The average Bonchev–Trinajstić information content (AvgIpc) is 3.47. The molecule has 4 aromatic rings. The first-order valence-corrected chi connectivity index (χ1v) is 13.7. The Bertz CT molecular complexity index is 1600. The molecule has 0 fully saturated rings. The number of oxazole rings is 1. The van der Waals surface area contributed by atoms with Crippen LogP contribution in [0.5, 0.6) is 5.75 Å². The van der Waals surface area contributed by atoms with E-state index in [1.165, 1.54) is 36.9 Å². The summed E-state index contributed by atoms with van der Waals surface area (Å²) in [6.07, 6.45) is -2.92. The highest BCUT2D eigenvalue weighted by atomic mass is 32.2. The zero-order valence-electron chi connectivity index (χ0n) is 22.2. The molecule has 0 unspecified atom stereocenters. The van der Waals surface area contributed by atoms with Gasteiger partial charge >= 0.3 is 12.5 Å². The van der Waals surface area contributed by atoms with Crippen LogP contribution < -0.4 is 10.1 Å². The largest absolute Gasteiger partial charge is 0.573 e. The van der Waals surface area contributed by atoms with Gasteiger partial charge in [-0.15, -0.1) is 13.2 Å². The number of aromatic nitrogens is 2. The van der Waals surface area contributed by atoms with Gasteiger partial charge in [0.05, 0.1) is 28.3 Å². The normalized spacial score (nSPS) is 12.5. The van der Waals surface area contributed by atoms with E-state index in [0.717, 1.165) is 15.6 Å². The Balaban J connectivity index is 1.85. The van der Waals surface area contributed by atoms with Crippen molar-refractivity contribution in [2.75, 3.05) is 0 Å². The van der Waals surface area contributed by atoms with Crippen molar-refractivity contribution in [1.82, 2.24) is 14.3 Å². The Morgan fingerprint density at radius 3 is 2.38 bits per heavy atom. The molecule has 0 aliphatic rings. The fourth-order valence-corrected chi connectivity index (χ4v) is 5.58. The van der Waals surface area contributed by atoms with Crippen LogP contribution in [-0.4, -0.2) is 35.4 Å². The molecule has 0 spiro atoms. The molecule has 2 aromatic heterocycles. The number of carbonyl (C=O) groups is 1. The summed E-state index contributed by atoms with van der Waals surface area (Å²) in [7, 11) is -4.24. The molecule has 4 rings (SSSR count). The van der Waals surface area contributed by atoms with Crippen LogP contribution in [0.25, 0.3) is 10.9 Å². The smallest absolute Gasteiger partial charge is 0.451 e. The first-order valence-electron chi connectivity index (χ1n) is 12.2. The molecule has 13 heteroatoms. The van der Waals surface area contributed by atoms with Crippen molar-refractivity contribution in [3.8, 4) is 5.75 Å². The van der Waals surface area contributed by atoms with Gasteiger partial charge in [0.25, 0.3) is 10.0 Å². The van der Waals surface area contributed by atoms with Crippen LogP contribution in [-0.2, 0) is 34.1 Å². The molecule has 0 saturated heterocycles. The number of hydrogen-bond donors (Lipinski definition) is 1. The zero-order chi connectivity index (χ0) is 29.3. The summed E-state index contributed by atoms with van der Waals surface area (Å²) >= 11 is 0. The monoisotopic (exact) mass is 579 g/mol. The Morgan fingerprint density at radius 2 is 1.77 bits per heavy atom. The minimum atomic E-state index is -4.98. The number of benzene rings is 2. The number of fused-ring (bicyclic) bond motifs is 1. The summed E-state index contributed by atoms with van der Waals surface area (Å²) in [5, 5.41) is 2.69. The van der Waals surface area contributed by atoms with E-state index in [-0.39, 0.29) is 46.4 Å². The number of nitrogens with one attached hydrogen (secondary N) is 1. The van der Waals surface area contributed by atoms with Crippen LogP contribution in [0.1, 0.15) is 43.3 Å². The van der Waals surface area contributed by atoms with Gasteiger partial charge in [0, 0.05) is 5.39 Å². The van der Waals surface area contributed by atoms with Crippen molar-refractivity contribution < 1.29 is 40.3 Å². The summed E-state index contributed by atoms with van der Waals surface area (Å²) in [6.45, 7) is 6.55. The molecule has 0 atom stereocenters. The number of ether oxygens (including phenoxy) is 2. The van der Waals surface area contributed by atoms with E-state index < -0.39 is 33.8 Å². The van der Waals surface area contributed by atoms with Crippen LogP contribution in [0.4, 0.5) is 18.0 Å². The van der Waals surface area contributed by atoms with Gasteiger partial charge in [-0.1, -0.05) is 17.7 Å². The van der Waals surface area contributed by atoms with E-state index in [0.29, 0.717) is 5.69 Å². The van der Waals surface area contributed by atoms with Gasteiger partial charge in [-0.3, -0.25) is 0 Å². The predicted octanol–water partition coefficient (Wildman–Crippen LogP) is 5.88. The minimum Gasteiger partial charge on any atom is -0.451 e. The second-order valence-corrected chi connectivity index (χ2v) is 11.9. The Labute approximate surface area is 229 Å². The summed E-state index contributed by atoms with van der Waals surface area (Å²) < 4.78 is 83.1. The number of hydrogen-bond acceptors (Lipinski definition) is 7. The van der Waals surface area contributed by atoms with Gasteiger partial charge in [-0.25, -0.2) is 22.2 Å². The van der Waals surface area contributed by atoms with Gasteiger partial charge in [-0.2, -0.15) is 0 Å². The van der Waals surface area contributed by atoms with E-state index in [4.69, 9.17) is 9.15 Å². The van der Waals surface area contributed by atoms with E-state index in [9.17, 15) is 26.4 Å². The summed E-state index contributed by atoms with van der Waals surface area (Å²) in [5.41, 5.74) is 0.875. The topological polar surface area (TPSA) is 113 Å². The number of halogens is 3. The first-order chi connectivity index (χ1) is 18.6. The van der Waals surface area contributed by atoms with Crippen LogP contribution in [0.2, 0.25) is 0 Å². The third kappa shape index (κ3) is 6.95. The lowest BCUT2D eigenvalue weighted by molar-refractivity contribution is -0.274. The lowest BCUT2D eigenvalue weighted by Gasteiger charge is -2.20. The summed E-state index contributed by atoms with van der Waals surface area (Å²) in [4.78, 5) is 16.3. The summed E-state index contributed by atoms with van der Waals surface area (Å²) in [6, 6.07) is 10.0. The molecule has 1 amide bonds. The average molecular weight is 580 g/mol. The van der Waals surface area contributed by atoms with Crippen molar-refractivity contribution in [2.45, 2.75) is 63.9 Å². The molecule has 2 heterocycles. The number of amides is 1. The minimum absolute atomic E-state index is 0.0334. The molecule has 0 radical (unpaired) electrons. The first kappa shape index (κ1) is 29.0. The number of aryl methyl sites for hydroxylation is 3. The van der Waals surface area contributed by atoms with E-state index >= 15 is 0 Å². The third-order valence-electron chi connectivity index (χ3n) is 5.74. The van der Waals surface area contributed by atoms with Gasteiger partial charge in [-0.05, 0) is 76.4 Å². The molecule has 214 valence electrons. The van der Waals surface area contributed by atoms with Gasteiger partial charge in [0.2, 0.25) is 0 Å². The van der Waals surface area contributed by atoms with Crippen LogP contribution in [0.3, 0.4) is 0 Å². The van der Waals surface area contributed by atoms with Crippen LogP contribution in [0, 0.1) is 6.92 Å². The van der Waals surface area contributed by atoms with Gasteiger partial charge < -0.3 is 19.2 Å². The number of alkyl halides is 3. The zero-order valence-corrected chi connectivity index (χ0v) is 23.0. The van der Waals surface area contributed by atoms with Gasteiger partial charge in [0.1, 0.15) is 17.6 Å². The Hall–Kier alpha value is -4.00. The lowest BCUT2D eigenvalue weighted by Crippen LogP contribution is -2.33. The van der Waals surface area contributed by atoms with Crippen molar-refractivity contribution in [3.63, 3.8) is 0 Å². The second kappa shape index (κ2) is 10.9. The number of carbonyl (C=O) groups excluding carboxylic acids is 1. The van der Waals surface area contributed by atoms with Gasteiger partial charge in [0.15, 0.2) is 6.39 Å². The number of rotatable bonds is 8. The molecule has 0 saturated carbocycles. The Kier molecular flexibility index (Phi) is 7.88. The maximum atomic E-state index is 13.9. The second-order valence-electron chi connectivity index (χ2n) is 10.1. The highest BCUT2D eigenvalue weighted by Crippen LogP contribution is 2.35. The molecule has 0 bridgehead atoms. The van der Waals surface area contributed by atoms with E-state index in [1.54, 1.807) is 39.8 Å². The Morgan fingerprint density at radius 1 is 1.07 bits per heavy atom. The fourth-order valence-electron chi connectivity index (χ4n) is 4.05. The fraction of sp³-hybridized carbons (Fsp3) is 0.333. The quantitative estimate of drug-likeness (QED) is 0.277. The van der Waals surface area contributed by atoms with E-state index in [2.05, 4.69) is 15.0 Å². The van der Waals surface area contributed by atoms with Crippen molar-refractivity contribution in [3.05, 3.63) is 77.6 Å². The number of alkyl carbamates (subject to hydrolysis) is 1. The number of nitrogens with zero attached hydrogens (tertiary/aromatic N) is 2. The van der Waals surface area contributed by atoms with Crippen LogP contribution in [0.15, 0.2) is 64.4 Å². The third-order valence-corrected chi connectivity index (χ3v) is 7.52. The molecule has 40 heavy (non-hydrogen) atoms. The highest BCUT2D eigenvalue weighted by Gasteiger charge is 2.33. The molecule has 0 aliphatic heterocycles. The van der Waals surface area contributed by atoms with Crippen molar-refractivity contribution in [2.24, 2.45) is 0 Å². The SMILES string of the molecule is Cc1ccc(S(=O)(=O)n2c(CNC(=O)OC(C)(C)C)cc3cc(OC(F)(F)F)c(CCc4cocn4)cc32)cc1. The van der Waals surface area contributed by atoms with E-state index in [1.807, 2.05) is 0 Å². The van der Waals surface area contributed by atoms with Crippen LogP contribution >= 0.6 is 0 Å². The lowest BCUT2D eigenvalue weighted by atomic mass is 10.1. The summed E-state index contributed by atoms with van der Waals surface area (Å²) in [5.74, 6) is -0.472. The molecule has 0 aliphatic carbocycles. The van der Waals surface area contributed by atoms with Crippen molar-refractivity contribution in [1.29, 1.82) is 0 Å². The maximum Gasteiger partial charge on any atom is 0.573 e. The standard InChI is InChI=1S/C27H28F3N3O6S/c1-17-5-9-22(10-6-17)40(35,36)33-21(14-31-25(34)39-26(2,3)4)11-19-13-24(38-27(28,29)30)18(12-23(19)33)7-8-20-15-37-16-32-20/h5-6,9-13,15-16H,7-8,14H2,1-4H3,(H,31,34). The molecular weight excluding hydrogens is 551 g/mol. The highest BCUT2D eigenvalue weighted by molar-refractivity contribution is 7.90.